The molecule has 1 saturated heterocycles. The summed E-state index contributed by atoms with van der Waals surface area (Å²) < 4.78 is 5.04. The van der Waals surface area contributed by atoms with Crippen LogP contribution in [0, 0.1) is 13.8 Å². The monoisotopic (exact) mass is 343 g/mol. The Morgan fingerprint density at radius 2 is 2.20 bits per heavy atom. The second-order valence-corrected chi connectivity index (χ2v) is 6.69. The Labute approximate surface area is 148 Å². The van der Waals surface area contributed by atoms with Crippen molar-refractivity contribution in [3.8, 4) is 0 Å². The maximum absolute atomic E-state index is 12.8. The van der Waals surface area contributed by atoms with Crippen LogP contribution >= 0.6 is 0 Å². The van der Waals surface area contributed by atoms with Gasteiger partial charge in [-0.2, -0.15) is 4.98 Å². The van der Waals surface area contributed by atoms with Gasteiger partial charge in [-0.25, -0.2) is 0 Å². The summed E-state index contributed by atoms with van der Waals surface area (Å²) in [5.41, 5.74) is 1.49. The number of amides is 1. The van der Waals surface area contributed by atoms with Gasteiger partial charge in [-0.3, -0.25) is 14.7 Å². The van der Waals surface area contributed by atoms with Crippen molar-refractivity contribution in [1.29, 1.82) is 0 Å². The van der Waals surface area contributed by atoms with Crippen LogP contribution < -0.4 is 0 Å². The third-order valence-corrected chi connectivity index (χ3v) is 4.78. The van der Waals surface area contributed by atoms with Crippen molar-refractivity contribution in [2.45, 2.75) is 45.7 Å². The lowest BCUT2D eigenvalue weighted by atomic mass is 10.1. The van der Waals surface area contributed by atoms with E-state index in [1.807, 2.05) is 24.0 Å². The van der Waals surface area contributed by atoms with Crippen molar-refractivity contribution in [2.24, 2.45) is 0 Å². The standard InChI is InChI=1S/C18H25N5O2/c1-13-6-4-9-19-17(13)18(24)23-10-5-7-15(8-11-23)22(3)12-16-20-14(2)25-21-16/h4,6,9,15H,5,7-8,10-12H2,1-3H3/t15-/m1/s1. The average Bonchev–Trinajstić information content (AvgIpc) is 2.86. The quantitative estimate of drug-likeness (QED) is 0.847. The molecule has 3 rings (SSSR count). The lowest BCUT2D eigenvalue weighted by Gasteiger charge is -2.26. The van der Waals surface area contributed by atoms with Gasteiger partial charge in [-0.1, -0.05) is 11.2 Å². The Morgan fingerprint density at radius 1 is 1.36 bits per heavy atom. The number of pyridine rings is 1. The van der Waals surface area contributed by atoms with Gasteiger partial charge in [0.15, 0.2) is 5.82 Å². The molecule has 0 radical (unpaired) electrons. The predicted molar refractivity (Wildman–Crippen MR) is 93.0 cm³/mol. The van der Waals surface area contributed by atoms with E-state index in [1.165, 1.54) is 0 Å². The molecule has 0 saturated carbocycles. The van der Waals surface area contributed by atoms with Crippen molar-refractivity contribution in [3.05, 3.63) is 41.3 Å². The topological polar surface area (TPSA) is 75.4 Å². The molecule has 0 aliphatic carbocycles. The Morgan fingerprint density at radius 3 is 2.92 bits per heavy atom. The molecule has 1 atom stereocenters. The van der Waals surface area contributed by atoms with Crippen molar-refractivity contribution in [1.82, 2.24) is 24.9 Å². The first kappa shape index (κ1) is 17.5. The van der Waals surface area contributed by atoms with Gasteiger partial charge in [0.05, 0.1) is 6.54 Å². The SMILES string of the molecule is Cc1nc(CN(C)[C@@H]2CCCN(C(=O)c3ncccc3C)CC2)no1. The first-order valence-corrected chi connectivity index (χ1v) is 8.75. The van der Waals surface area contributed by atoms with Crippen LogP contribution in [0.25, 0.3) is 0 Å². The van der Waals surface area contributed by atoms with Gasteiger partial charge in [0.2, 0.25) is 5.89 Å². The number of hydrogen-bond acceptors (Lipinski definition) is 6. The van der Waals surface area contributed by atoms with Crippen LogP contribution in [0.2, 0.25) is 0 Å². The lowest BCUT2D eigenvalue weighted by molar-refractivity contribution is 0.0750. The van der Waals surface area contributed by atoms with E-state index >= 15 is 0 Å². The molecular weight excluding hydrogens is 318 g/mol. The number of rotatable bonds is 4. The molecule has 7 nitrogen and oxygen atoms in total. The number of carbonyl (C=O) groups excluding carboxylic acids is 1. The maximum Gasteiger partial charge on any atom is 0.272 e. The molecule has 1 amide bonds. The zero-order valence-corrected chi connectivity index (χ0v) is 15.1. The molecule has 1 aliphatic rings. The van der Waals surface area contributed by atoms with E-state index in [4.69, 9.17) is 4.52 Å². The highest BCUT2D eigenvalue weighted by atomic mass is 16.5. The number of likely N-dealkylation sites (tertiary alicyclic amines) is 1. The van der Waals surface area contributed by atoms with Gasteiger partial charge in [-0.05, 0) is 44.9 Å². The smallest absolute Gasteiger partial charge is 0.272 e. The van der Waals surface area contributed by atoms with Crippen LogP contribution in [0.4, 0.5) is 0 Å². The molecule has 1 fully saturated rings. The van der Waals surface area contributed by atoms with Crippen LogP contribution in [-0.2, 0) is 6.54 Å². The van der Waals surface area contributed by atoms with E-state index in [1.54, 1.807) is 13.1 Å². The number of aromatic nitrogens is 3. The highest BCUT2D eigenvalue weighted by molar-refractivity contribution is 5.93. The van der Waals surface area contributed by atoms with E-state index in [0.717, 1.165) is 37.9 Å². The zero-order valence-electron chi connectivity index (χ0n) is 15.1. The Balaban J connectivity index is 1.60. The van der Waals surface area contributed by atoms with Crippen molar-refractivity contribution in [3.63, 3.8) is 0 Å². The number of carbonyl (C=O) groups is 1. The zero-order chi connectivity index (χ0) is 17.8. The van der Waals surface area contributed by atoms with E-state index in [0.29, 0.717) is 30.0 Å². The number of nitrogens with zero attached hydrogens (tertiary/aromatic N) is 5. The molecule has 0 unspecified atom stereocenters. The van der Waals surface area contributed by atoms with E-state index in [9.17, 15) is 4.79 Å². The highest BCUT2D eigenvalue weighted by Gasteiger charge is 2.25. The highest BCUT2D eigenvalue weighted by Crippen LogP contribution is 2.19. The van der Waals surface area contributed by atoms with E-state index in [2.05, 4.69) is 27.1 Å². The number of aryl methyl sites for hydroxylation is 2. The van der Waals surface area contributed by atoms with Crippen LogP contribution in [0.1, 0.15) is 47.0 Å². The Bertz CT molecular complexity index is 730. The van der Waals surface area contributed by atoms with Gasteiger partial charge in [0, 0.05) is 32.3 Å². The summed E-state index contributed by atoms with van der Waals surface area (Å²) in [5, 5.41) is 3.97. The molecule has 1 aliphatic heterocycles. The third kappa shape index (κ3) is 4.22. The molecular formula is C18H25N5O2. The normalized spacial score (nSPS) is 18.4. The third-order valence-electron chi connectivity index (χ3n) is 4.78. The van der Waals surface area contributed by atoms with Gasteiger partial charge in [0.1, 0.15) is 5.69 Å². The molecule has 0 bridgehead atoms. The van der Waals surface area contributed by atoms with Crippen molar-refractivity contribution < 1.29 is 9.32 Å². The molecule has 3 heterocycles. The van der Waals surface area contributed by atoms with Crippen molar-refractivity contribution in [2.75, 3.05) is 20.1 Å². The average molecular weight is 343 g/mol. The molecule has 25 heavy (non-hydrogen) atoms. The minimum absolute atomic E-state index is 0.0372. The van der Waals surface area contributed by atoms with Gasteiger partial charge >= 0.3 is 0 Å². The van der Waals surface area contributed by atoms with Crippen LogP contribution in [0.15, 0.2) is 22.9 Å². The van der Waals surface area contributed by atoms with Crippen LogP contribution in [0.3, 0.4) is 0 Å². The summed E-state index contributed by atoms with van der Waals surface area (Å²) in [6.07, 6.45) is 4.66. The first-order valence-electron chi connectivity index (χ1n) is 8.75. The van der Waals surface area contributed by atoms with E-state index < -0.39 is 0 Å². The van der Waals surface area contributed by atoms with Gasteiger partial charge in [-0.15, -0.1) is 0 Å². The Hall–Kier alpha value is -2.28. The Kier molecular flexibility index (Phi) is 5.43. The molecule has 7 heteroatoms. The molecule has 0 spiro atoms. The molecule has 2 aromatic heterocycles. The van der Waals surface area contributed by atoms with Crippen LogP contribution in [-0.4, -0.2) is 57.0 Å². The largest absolute Gasteiger partial charge is 0.340 e. The van der Waals surface area contributed by atoms with Crippen LogP contribution in [0.5, 0.6) is 0 Å². The second-order valence-electron chi connectivity index (χ2n) is 6.69. The molecule has 2 aromatic rings. The molecule has 134 valence electrons. The fourth-order valence-electron chi connectivity index (χ4n) is 3.34. The lowest BCUT2D eigenvalue weighted by Crippen LogP contribution is -2.35. The molecule has 0 N–H and O–H groups in total. The van der Waals surface area contributed by atoms with Crippen molar-refractivity contribution >= 4 is 5.91 Å². The summed E-state index contributed by atoms with van der Waals surface area (Å²) >= 11 is 0. The summed E-state index contributed by atoms with van der Waals surface area (Å²) in [4.78, 5) is 25.5. The fraction of sp³-hybridized carbons (Fsp3) is 0.556. The fourth-order valence-corrected chi connectivity index (χ4v) is 3.34. The molecule has 0 aromatic carbocycles. The number of hydrogen-bond donors (Lipinski definition) is 0. The summed E-state index contributed by atoms with van der Waals surface area (Å²) in [6.45, 7) is 5.91. The summed E-state index contributed by atoms with van der Waals surface area (Å²) in [5.74, 6) is 1.34. The second kappa shape index (κ2) is 7.74. The van der Waals surface area contributed by atoms with E-state index in [-0.39, 0.29) is 5.91 Å². The predicted octanol–water partition coefficient (Wildman–Crippen LogP) is 2.21. The van der Waals surface area contributed by atoms with Gasteiger partial charge < -0.3 is 9.42 Å². The summed E-state index contributed by atoms with van der Waals surface area (Å²) in [6, 6.07) is 4.20. The summed E-state index contributed by atoms with van der Waals surface area (Å²) in [7, 11) is 2.08. The first-order chi connectivity index (χ1) is 12.0. The maximum atomic E-state index is 12.8. The minimum atomic E-state index is 0.0372. The minimum Gasteiger partial charge on any atom is -0.340 e. The van der Waals surface area contributed by atoms with Gasteiger partial charge in [0.25, 0.3) is 5.91 Å².